The third kappa shape index (κ3) is 3.61. The van der Waals surface area contributed by atoms with Crippen LogP contribution in [0.5, 0.6) is 0 Å². The fraction of sp³-hybridized carbons (Fsp3) is 0.300. The Balaban J connectivity index is 1.41. The molecule has 134 valence electrons. The van der Waals surface area contributed by atoms with E-state index in [0.717, 1.165) is 16.9 Å². The summed E-state index contributed by atoms with van der Waals surface area (Å²) in [6.45, 7) is 1.28. The molecule has 2 N–H and O–H groups in total. The molecule has 0 aliphatic carbocycles. The predicted octanol–water partition coefficient (Wildman–Crippen LogP) is 3.24. The second-order valence-electron chi connectivity index (χ2n) is 6.51. The molecule has 2 aliphatic heterocycles. The van der Waals surface area contributed by atoms with Gasteiger partial charge < -0.3 is 15.4 Å². The van der Waals surface area contributed by atoms with Crippen LogP contribution in [0.25, 0.3) is 0 Å². The van der Waals surface area contributed by atoms with Crippen molar-refractivity contribution in [2.45, 2.75) is 17.4 Å². The van der Waals surface area contributed by atoms with E-state index in [1.807, 2.05) is 24.3 Å². The molecule has 0 spiro atoms. The maximum atomic E-state index is 12.5. The van der Waals surface area contributed by atoms with Crippen molar-refractivity contribution in [3.63, 3.8) is 0 Å². The number of rotatable bonds is 4. The molecule has 2 aromatic carbocycles. The number of anilines is 1. The minimum Gasteiger partial charge on any atom is -0.373 e. The molecule has 1 saturated heterocycles. The molecule has 1 fully saturated rings. The van der Waals surface area contributed by atoms with Crippen molar-refractivity contribution in [3.8, 4) is 0 Å². The van der Waals surface area contributed by atoms with Crippen LogP contribution in [0.3, 0.4) is 0 Å². The molecule has 0 saturated carbocycles. The quantitative estimate of drug-likeness (QED) is 0.869. The van der Waals surface area contributed by atoms with Crippen LogP contribution < -0.4 is 10.6 Å². The van der Waals surface area contributed by atoms with E-state index in [2.05, 4.69) is 22.8 Å². The highest BCUT2D eigenvalue weighted by molar-refractivity contribution is 8.00. The number of amides is 2. The minimum atomic E-state index is -0.128. The first kappa shape index (κ1) is 17.1. The molecule has 26 heavy (non-hydrogen) atoms. The summed E-state index contributed by atoms with van der Waals surface area (Å²) in [5.41, 5.74) is 2.42. The number of ether oxygens (including phenoxy) is 1. The summed E-state index contributed by atoms with van der Waals surface area (Å²) in [5.74, 6) is 0.514. The van der Waals surface area contributed by atoms with Gasteiger partial charge in [-0.15, -0.1) is 11.8 Å². The second kappa shape index (κ2) is 7.51. The fourth-order valence-corrected chi connectivity index (χ4v) is 4.19. The number of fused-ring (bicyclic) bond motifs is 1. The van der Waals surface area contributed by atoms with Gasteiger partial charge in [0.1, 0.15) is 0 Å². The van der Waals surface area contributed by atoms with E-state index in [4.69, 9.17) is 4.74 Å². The first-order valence-corrected chi connectivity index (χ1v) is 9.71. The normalized spacial score (nSPS) is 21.8. The van der Waals surface area contributed by atoms with Gasteiger partial charge in [-0.25, -0.2) is 0 Å². The summed E-state index contributed by atoms with van der Waals surface area (Å²) in [5, 5.41) is 5.84. The van der Waals surface area contributed by atoms with Crippen molar-refractivity contribution in [3.05, 3.63) is 59.7 Å². The Bertz CT molecular complexity index is 825. The van der Waals surface area contributed by atoms with E-state index in [1.54, 1.807) is 12.1 Å². The molecule has 6 heteroatoms. The summed E-state index contributed by atoms with van der Waals surface area (Å²) in [6, 6.07) is 15.6. The molecule has 0 bridgehead atoms. The van der Waals surface area contributed by atoms with Crippen LogP contribution in [-0.4, -0.2) is 30.7 Å². The minimum absolute atomic E-state index is 0.0238. The number of hydrogen-bond donors (Lipinski definition) is 2. The van der Waals surface area contributed by atoms with E-state index in [0.29, 0.717) is 30.2 Å². The van der Waals surface area contributed by atoms with Crippen LogP contribution in [0.1, 0.15) is 28.4 Å². The maximum Gasteiger partial charge on any atom is 0.251 e. The standard InChI is InChI=1S/C20H20N2O3S/c23-18-12-26-17-7-6-14(10-16(17)22-18)20(24)21-11-15-8-9-25-19(15)13-4-2-1-3-5-13/h1-7,10,15,19H,8-9,11-12H2,(H,21,24)(H,22,23)/t15-,19-/m0/s1. The van der Waals surface area contributed by atoms with E-state index in [9.17, 15) is 9.59 Å². The summed E-state index contributed by atoms with van der Waals surface area (Å²) in [6.07, 6.45) is 0.951. The SMILES string of the molecule is O=C1CSc2ccc(C(=O)NC[C@@H]3CCO[C@H]3c3ccccc3)cc2N1. The first-order chi connectivity index (χ1) is 12.7. The Kier molecular flexibility index (Phi) is 4.95. The lowest BCUT2D eigenvalue weighted by atomic mass is 9.95. The molecule has 2 aliphatic rings. The van der Waals surface area contributed by atoms with Gasteiger partial charge in [0.2, 0.25) is 5.91 Å². The van der Waals surface area contributed by atoms with Gasteiger partial charge in [-0.1, -0.05) is 30.3 Å². The molecule has 0 radical (unpaired) electrons. The fourth-order valence-electron chi connectivity index (χ4n) is 3.40. The van der Waals surface area contributed by atoms with Gasteiger partial charge >= 0.3 is 0 Å². The summed E-state index contributed by atoms with van der Waals surface area (Å²) >= 11 is 1.49. The van der Waals surface area contributed by atoms with Crippen LogP contribution in [0.4, 0.5) is 5.69 Å². The van der Waals surface area contributed by atoms with Gasteiger partial charge in [-0.2, -0.15) is 0 Å². The monoisotopic (exact) mass is 368 g/mol. The molecular weight excluding hydrogens is 348 g/mol. The van der Waals surface area contributed by atoms with Gasteiger partial charge in [-0.05, 0) is 30.2 Å². The van der Waals surface area contributed by atoms with Crippen molar-refractivity contribution < 1.29 is 14.3 Å². The smallest absolute Gasteiger partial charge is 0.251 e. The van der Waals surface area contributed by atoms with Crippen molar-refractivity contribution in [2.75, 3.05) is 24.2 Å². The Labute approximate surface area is 156 Å². The number of benzene rings is 2. The van der Waals surface area contributed by atoms with Gasteiger partial charge in [0, 0.05) is 29.5 Å². The Morgan fingerprint density at radius 3 is 2.92 bits per heavy atom. The Hall–Kier alpha value is -2.31. The van der Waals surface area contributed by atoms with Gasteiger partial charge in [0.05, 0.1) is 17.5 Å². The number of nitrogens with one attached hydrogen (secondary N) is 2. The second-order valence-corrected chi connectivity index (χ2v) is 7.53. The zero-order chi connectivity index (χ0) is 17.9. The molecule has 5 nitrogen and oxygen atoms in total. The molecule has 2 amide bonds. The van der Waals surface area contributed by atoms with Crippen molar-refractivity contribution in [1.29, 1.82) is 0 Å². The summed E-state index contributed by atoms with van der Waals surface area (Å²) in [7, 11) is 0. The lowest BCUT2D eigenvalue weighted by Crippen LogP contribution is -2.30. The van der Waals surface area contributed by atoms with E-state index in [-0.39, 0.29) is 23.8 Å². The van der Waals surface area contributed by atoms with Gasteiger partial charge in [0.25, 0.3) is 5.91 Å². The molecule has 2 heterocycles. The van der Waals surface area contributed by atoms with E-state index < -0.39 is 0 Å². The van der Waals surface area contributed by atoms with E-state index in [1.165, 1.54) is 11.8 Å². The molecular formula is C20H20N2O3S. The first-order valence-electron chi connectivity index (χ1n) is 8.72. The molecule has 0 aromatic heterocycles. The van der Waals surface area contributed by atoms with Gasteiger partial charge in [-0.3, -0.25) is 9.59 Å². The van der Waals surface area contributed by atoms with Crippen LogP contribution in [0.2, 0.25) is 0 Å². The Morgan fingerprint density at radius 1 is 1.23 bits per heavy atom. The lowest BCUT2D eigenvalue weighted by Gasteiger charge is -2.20. The highest BCUT2D eigenvalue weighted by atomic mass is 32.2. The van der Waals surface area contributed by atoms with Crippen LogP contribution in [0.15, 0.2) is 53.4 Å². The Morgan fingerprint density at radius 2 is 2.08 bits per heavy atom. The van der Waals surface area contributed by atoms with Crippen molar-refractivity contribution >= 4 is 29.3 Å². The van der Waals surface area contributed by atoms with E-state index >= 15 is 0 Å². The van der Waals surface area contributed by atoms with Crippen molar-refractivity contribution in [1.82, 2.24) is 5.32 Å². The van der Waals surface area contributed by atoms with Crippen LogP contribution in [-0.2, 0) is 9.53 Å². The third-order valence-corrected chi connectivity index (χ3v) is 5.82. The third-order valence-electron chi connectivity index (χ3n) is 4.74. The van der Waals surface area contributed by atoms with Crippen LogP contribution >= 0.6 is 11.8 Å². The predicted molar refractivity (Wildman–Crippen MR) is 101 cm³/mol. The average molecular weight is 368 g/mol. The maximum absolute atomic E-state index is 12.5. The highest BCUT2D eigenvalue weighted by Crippen LogP contribution is 2.34. The molecule has 4 rings (SSSR count). The van der Waals surface area contributed by atoms with Crippen molar-refractivity contribution in [2.24, 2.45) is 5.92 Å². The zero-order valence-corrected chi connectivity index (χ0v) is 15.1. The highest BCUT2D eigenvalue weighted by Gasteiger charge is 2.30. The number of carbonyl (C=O) groups is 2. The topological polar surface area (TPSA) is 67.4 Å². The number of hydrogen-bond acceptors (Lipinski definition) is 4. The summed E-state index contributed by atoms with van der Waals surface area (Å²) < 4.78 is 5.87. The lowest BCUT2D eigenvalue weighted by molar-refractivity contribution is -0.113. The van der Waals surface area contributed by atoms with Gasteiger partial charge in [0.15, 0.2) is 0 Å². The zero-order valence-electron chi connectivity index (χ0n) is 14.2. The summed E-state index contributed by atoms with van der Waals surface area (Å²) in [4.78, 5) is 25.1. The average Bonchev–Trinajstić information content (AvgIpc) is 3.15. The number of thioether (sulfide) groups is 1. The number of carbonyl (C=O) groups excluding carboxylic acids is 2. The molecule has 2 atom stereocenters. The molecule has 0 unspecified atom stereocenters. The molecule has 2 aromatic rings. The largest absolute Gasteiger partial charge is 0.373 e. The van der Waals surface area contributed by atoms with Crippen LogP contribution in [0, 0.1) is 5.92 Å².